The molecule has 3 rings (SSSR count). The van der Waals surface area contributed by atoms with Crippen molar-refractivity contribution in [1.29, 1.82) is 0 Å². The molecule has 0 saturated carbocycles. The Bertz CT molecular complexity index is 1140. The standard InChI is InChI=1S/C33H45ClN2O3S.BrH/c1-3-4-5-6-7-8-9-10-11-12-13-14-21-38-32-22-30(19-20-31(32)34)39-25-33(37)35-29-17-15-28(16-18-29)24-36-23-27(2)40-26-36;/h15-20,22-23,26H,3-14,21,24-25H2,1-2H3;1H. The van der Waals surface area contributed by atoms with Gasteiger partial charge in [-0.3, -0.25) is 4.79 Å². The number of carbonyl (C=O) groups is 1. The summed E-state index contributed by atoms with van der Waals surface area (Å²) >= 11 is 8.05. The van der Waals surface area contributed by atoms with Gasteiger partial charge in [-0.05, 0) is 37.6 Å². The number of hydrogen-bond acceptors (Lipinski definition) is 4. The fourth-order valence-electron chi connectivity index (χ4n) is 4.59. The second-order valence-corrected chi connectivity index (χ2v) is 12.0. The van der Waals surface area contributed by atoms with Gasteiger partial charge < -0.3 is 31.8 Å². The van der Waals surface area contributed by atoms with Crippen molar-refractivity contribution in [2.75, 3.05) is 18.5 Å². The van der Waals surface area contributed by atoms with Gasteiger partial charge in [-0.25, -0.2) is 0 Å². The Hall–Kier alpha value is -2.09. The Balaban J connectivity index is 0.00000588. The van der Waals surface area contributed by atoms with Crippen molar-refractivity contribution in [3.05, 3.63) is 69.6 Å². The molecule has 226 valence electrons. The molecule has 0 fully saturated rings. The van der Waals surface area contributed by atoms with Crippen molar-refractivity contribution in [1.82, 2.24) is 0 Å². The maximum Gasteiger partial charge on any atom is 0.262 e. The maximum absolute atomic E-state index is 12.4. The molecule has 0 aliphatic carbocycles. The summed E-state index contributed by atoms with van der Waals surface area (Å²) < 4.78 is 13.8. The molecule has 1 aromatic heterocycles. The van der Waals surface area contributed by atoms with Crippen molar-refractivity contribution in [3.63, 3.8) is 0 Å². The fraction of sp³-hybridized carbons (Fsp3) is 0.515. The predicted molar refractivity (Wildman–Crippen MR) is 167 cm³/mol. The van der Waals surface area contributed by atoms with E-state index in [1.807, 2.05) is 24.3 Å². The molecule has 1 N–H and O–H groups in total. The van der Waals surface area contributed by atoms with Crippen LogP contribution in [0.25, 0.3) is 0 Å². The van der Waals surface area contributed by atoms with Gasteiger partial charge in [0, 0.05) is 17.3 Å². The van der Waals surface area contributed by atoms with E-state index >= 15 is 0 Å². The first kappa shape index (κ1) is 35.1. The number of carbonyl (C=O) groups excluding carboxylic acids is 1. The van der Waals surface area contributed by atoms with Crippen molar-refractivity contribution in [2.24, 2.45) is 0 Å². The Morgan fingerprint density at radius 3 is 2.12 bits per heavy atom. The van der Waals surface area contributed by atoms with Crippen molar-refractivity contribution in [2.45, 2.75) is 97.4 Å². The van der Waals surface area contributed by atoms with Gasteiger partial charge in [-0.1, -0.05) is 113 Å². The molecule has 2 aromatic carbocycles. The highest BCUT2D eigenvalue weighted by Crippen LogP contribution is 2.29. The Kier molecular flexibility index (Phi) is 17.8. The number of thiazole rings is 1. The van der Waals surface area contributed by atoms with Crippen LogP contribution in [0.4, 0.5) is 5.69 Å². The zero-order valence-corrected chi connectivity index (χ0v) is 27.8. The fourth-order valence-corrected chi connectivity index (χ4v) is 5.39. The quantitative estimate of drug-likeness (QED) is 0.116. The molecule has 8 heteroatoms. The van der Waals surface area contributed by atoms with Crippen LogP contribution in [-0.4, -0.2) is 19.1 Å². The minimum absolute atomic E-state index is 0. The summed E-state index contributed by atoms with van der Waals surface area (Å²) in [6, 6.07) is 13.1. The molecule has 3 aromatic rings. The van der Waals surface area contributed by atoms with Crippen LogP contribution in [0.2, 0.25) is 5.02 Å². The van der Waals surface area contributed by atoms with Gasteiger partial charge in [-0.15, -0.1) is 0 Å². The number of nitrogens with zero attached hydrogens (tertiary/aromatic N) is 1. The molecular formula is C33H46BrClN2O3S. The molecule has 0 aliphatic heterocycles. The predicted octanol–water partition coefficient (Wildman–Crippen LogP) is 6.15. The molecule has 1 heterocycles. The lowest BCUT2D eigenvalue weighted by Crippen LogP contribution is -3.00. The number of benzene rings is 2. The second-order valence-electron chi connectivity index (χ2n) is 10.5. The average molecular weight is 666 g/mol. The molecule has 0 spiro atoms. The number of ether oxygens (including phenoxy) is 2. The molecule has 5 nitrogen and oxygen atoms in total. The van der Waals surface area contributed by atoms with Crippen molar-refractivity contribution >= 4 is 34.5 Å². The molecule has 0 unspecified atom stereocenters. The van der Waals surface area contributed by atoms with E-state index in [0.29, 0.717) is 23.1 Å². The molecule has 0 radical (unpaired) electrons. The van der Waals surface area contributed by atoms with E-state index in [-0.39, 0.29) is 29.5 Å². The molecule has 0 saturated heterocycles. The monoisotopic (exact) mass is 664 g/mol. The van der Waals surface area contributed by atoms with E-state index in [1.165, 1.54) is 74.6 Å². The molecular weight excluding hydrogens is 620 g/mol. The van der Waals surface area contributed by atoms with E-state index < -0.39 is 0 Å². The Morgan fingerprint density at radius 2 is 1.51 bits per heavy atom. The third-order valence-electron chi connectivity index (χ3n) is 6.85. The van der Waals surface area contributed by atoms with Gasteiger partial charge in [0.25, 0.3) is 5.91 Å². The van der Waals surface area contributed by atoms with E-state index in [4.69, 9.17) is 21.1 Å². The number of aromatic nitrogens is 1. The summed E-state index contributed by atoms with van der Waals surface area (Å²) in [6.07, 6.45) is 17.8. The molecule has 0 bridgehead atoms. The van der Waals surface area contributed by atoms with Gasteiger partial charge in [0.05, 0.1) is 16.5 Å². The summed E-state index contributed by atoms with van der Waals surface area (Å²) in [6.45, 7) is 5.71. The number of unbranched alkanes of at least 4 members (excludes halogenated alkanes) is 11. The zero-order valence-electron chi connectivity index (χ0n) is 24.6. The Morgan fingerprint density at radius 1 is 0.878 bits per heavy atom. The van der Waals surface area contributed by atoms with Crippen LogP contribution in [0.15, 0.2) is 54.2 Å². The number of rotatable bonds is 20. The lowest BCUT2D eigenvalue weighted by atomic mass is 10.1. The highest BCUT2D eigenvalue weighted by atomic mass is 79.9. The van der Waals surface area contributed by atoms with Crippen molar-refractivity contribution < 1.29 is 35.8 Å². The van der Waals surface area contributed by atoms with Gasteiger partial charge in [0.15, 0.2) is 19.3 Å². The van der Waals surface area contributed by atoms with Crippen LogP contribution >= 0.6 is 22.9 Å². The van der Waals surface area contributed by atoms with E-state index in [2.05, 4.69) is 35.4 Å². The number of aryl methyl sites for hydroxylation is 1. The van der Waals surface area contributed by atoms with Gasteiger partial charge >= 0.3 is 0 Å². The smallest absolute Gasteiger partial charge is 0.262 e. The summed E-state index contributed by atoms with van der Waals surface area (Å²) in [5, 5.41) is 3.43. The lowest BCUT2D eigenvalue weighted by molar-refractivity contribution is -0.683. The van der Waals surface area contributed by atoms with E-state index in [9.17, 15) is 4.79 Å². The van der Waals surface area contributed by atoms with Gasteiger partial charge in [0.2, 0.25) is 5.51 Å². The summed E-state index contributed by atoms with van der Waals surface area (Å²) in [5.41, 5.74) is 4.02. The van der Waals surface area contributed by atoms with Crippen LogP contribution in [0.5, 0.6) is 11.5 Å². The first-order valence-corrected chi connectivity index (χ1v) is 16.2. The van der Waals surface area contributed by atoms with Gasteiger partial charge in [-0.2, -0.15) is 4.57 Å². The van der Waals surface area contributed by atoms with E-state index in [0.717, 1.165) is 25.1 Å². The molecule has 41 heavy (non-hydrogen) atoms. The molecule has 1 amide bonds. The van der Waals surface area contributed by atoms with Crippen molar-refractivity contribution in [3.8, 4) is 11.5 Å². The van der Waals surface area contributed by atoms with E-state index in [1.54, 1.807) is 29.5 Å². The first-order chi connectivity index (χ1) is 19.5. The van der Waals surface area contributed by atoms with Crippen LogP contribution < -0.4 is 36.3 Å². The largest absolute Gasteiger partial charge is 1.00 e. The Labute approximate surface area is 266 Å². The van der Waals surface area contributed by atoms with Crippen LogP contribution in [0, 0.1) is 6.92 Å². The van der Waals surface area contributed by atoms with Crippen LogP contribution in [-0.2, 0) is 11.3 Å². The summed E-state index contributed by atoms with van der Waals surface area (Å²) in [7, 11) is 0. The normalized spacial score (nSPS) is 10.7. The maximum atomic E-state index is 12.4. The minimum atomic E-state index is -0.218. The summed E-state index contributed by atoms with van der Waals surface area (Å²) in [4.78, 5) is 13.7. The zero-order chi connectivity index (χ0) is 28.4. The first-order valence-electron chi connectivity index (χ1n) is 14.9. The summed E-state index contributed by atoms with van der Waals surface area (Å²) in [5.74, 6) is 0.934. The number of amides is 1. The van der Waals surface area contributed by atoms with Crippen LogP contribution in [0.1, 0.15) is 94.4 Å². The lowest BCUT2D eigenvalue weighted by Gasteiger charge is -2.11. The SMILES string of the molecule is CCCCCCCCCCCCCCOc1cc(OCC(=O)Nc2ccc(C[n+]3csc(C)c3)cc2)ccc1Cl.[Br-]. The molecule has 0 atom stereocenters. The van der Waals surface area contributed by atoms with Gasteiger partial charge in [0.1, 0.15) is 11.5 Å². The third kappa shape index (κ3) is 14.6. The number of anilines is 1. The topological polar surface area (TPSA) is 51.4 Å². The number of nitrogens with one attached hydrogen (secondary N) is 1. The highest BCUT2D eigenvalue weighted by Gasteiger charge is 2.09. The number of halogens is 2. The minimum Gasteiger partial charge on any atom is -1.00 e. The average Bonchev–Trinajstić information content (AvgIpc) is 3.36. The second kappa shape index (κ2) is 20.7. The van der Waals surface area contributed by atoms with Crippen LogP contribution in [0.3, 0.4) is 0 Å². The third-order valence-corrected chi connectivity index (χ3v) is 8.02. The highest BCUT2D eigenvalue weighted by molar-refractivity contribution is 7.09. The molecule has 0 aliphatic rings. The number of hydrogen-bond donors (Lipinski definition) is 1.